The summed E-state index contributed by atoms with van der Waals surface area (Å²) >= 11 is 0. The summed E-state index contributed by atoms with van der Waals surface area (Å²) in [6.45, 7) is 3.07. The van der Waals surface area contributed by atoms with E-state index in [1.807, 2.05) is 6.07 Å². The fraction of sp³-hybridized carbons (Fsp3) is 0.438. The van der Waals surface area contributed by atoms with Crippen molar-refractivity contribution in [1.29, 1.82) is 5.26 Å². The number of anilines is 1. The van der Waals surface area contributed by atoms with Crippen LogP contribution in [0.2, 0.25) is 0 Å². The molecule has 23 heavy (non-hydrogen) atoms. The topological polar surface area (TPSA) is 86.9 Å². The summed E-state index contributed by atoms with van der Waals surface area (Å²) in [5.74, 6) is -0.408. The molecular weight excluding hydrogens is 296 g/mol. The zero-order chi connectivity index (χ0) is 16.7. The zero-order valence-electron chi connectivity index (χ0n) is 13.2. The van der Waals surface area contributed by atoms with Crippen LogP contribution in [-0.4, -0.2) is 63.2 Å². The fourth-order valence-corrected chi connectivity index (χ4v) is 2.29. The van der Waals surface area contributed by atoms with Crippen LogP contribution in [0.25, 0.3) is 0 Å². The molecule has 0 saturated carbocycles. The Bertz CT molecular complexity index is 586. The van der Waals surface area contributed by atoms with Gasteiger partial charge < -0.3 is 19.9 Å². The SMILES string of the molecule is C[NH+]1CCN(C(=O)COCC(=O)Nc2ccc(C#N)cc2)CC1. The van der Waals surface area contributed by atoms with E-state index < -0.39 is 0 Å². The molecule has 0 bridgehead atoms. The lowest BCUT2D eigenvalue weighted by molar-refractivity contribution is -0.883. The van der Waals surface area contributed by atoms with E-state index in [9.17, 15) is 9.59 Å². The van der Waals surface area contributed by atoms with E-state index in [-0.39, 0.29) is 25.0 Å². The first kappa shape index (κ1) is 16.9. The molecular formula is C16H21N4O3+. The van der Waals surface area contributed by atoms with Crippen molar-refractivity contribution in [2.24, 2.45) is 0 Å². The first-order valence-corrected chi connectivity index (χ1v) is 7.55. The Morgan fingerprint density at radius 1 is 1.26 bits per heavy atom. The summed E-state index contributed by atoms with van der Waals surface area (Å²) in [5, 5.41) is 11.4. The molecule has 1 aromatic rings. The van der Waals surface area contributed by atoms with Gasteiger partial charge in [0, 0.05) is 5.69 Å². The molecule has 0 unspecified atom stereocenters. The van der Waals surface area contributed by atoms with Crippen molar-refractivity contribution in [3.05, 3.63) is 29.8 Å². The maximum Gasteiger partial charge on any atom is 0.250 e. The second kappa shape index (κ2) is 8.27. The Kier molecular flexibility index (Phi) is 6.09. The number of carbonyl (C=O) groups is 2. The normalized spacial score (nSPS) is 15.0. The molecule has 7 heteroatoms. The van der Waals surface area contributed by atoms with Crippen molar-refractivity contribution in [3.8, 4) is 6.07 Å². The van der Waals surface area contributed by atoms with Gasteiger partial charge in [0.2, 0.25) is 11.8 Å². The van der Waals surface area contributed by atoms with Crippen LogP contribution in [0.3, 0.4) is 0 Å². The molecule has 0 spiro atoms. The summed E-state index contributed by atoms with van der Waals surface area (Å²) in [5.41, 5.74) is 1.12. The molecule has 0 aliphatic carbocycles. The van der Waals surface area contributed by atoms with Gasteiger partial charge in [-0.25, -0.2) is 0 Å². The Balaban J connectivity index is 1.68. The molecule has 0 atom stereocenters. The molecule has 1 fully saturated rings. The maximum atomic E-state index is 11.9. The number of amides is 2. The molecule has 2 rings (SSSR count). The van der Waals surface area contributed by atoms with Gasteiger partial charge in [0.05, 0.1) is 44.9 Å². The Labute approximate surface area is 135 Å². The second-order valence-corrected chi connectivity index (χ2v) is 5.57. The second-order valence-electron chi connectivity index (χ2n) is 5.57. The summed E-state index contributed by atoms with van der Waals surface area (Å²) in [6, 6.07) is 8.54. The number of ether oxygens (including phenoxy) is 1. The third kappa shape index (κ3) is 5.36. The number of benzene rings is 1. The minimum absolute atomic E-state index is 0.0799. The van der Waals surface area contributed by atoms with Gasteiger partial charge in [-0.3, -0.25) is 9.59 Å². The van der Waals surface area contributed by atoms with E-state index in [2.05, 4.69) is 12.4 Å². The smallest absolute Gasteiger partial charge is 0.250 e. The van der Waals surface area contributed by atoms with Crippen molar-refractivity contribution in [2.75, 3.05) is 51.8 Å². The molecule has 2 amide bonds. The molecule has 1 aliphatic heterocycles. The number of rotatable bonds is 5. The number of nitriles is 1. The Morgan fingerprint density at radius 2 is 1.91 bits per heavy atom. The maximum absolute atomic E-state index is 11.9. The van der Waals surface area contributed by atoms with Crippen LogP contribution in [0.4, 0.5) is 5.69 Å². The highest BCUT2D eigenvalue weighted by Crippen LogP contribution is 2.08. The molecule has 1 heterocycles. The van der Waals surface area contributed by atoms with Crippen molar-refractivity contribution in [2.45, 2.75) is 0 Å². The summed E-state index contributed by atoms with van der Waals surface area (Å²) < 4.78 is 5.19. The van der Waals surface area contributed by atoms with Gasteiger partial charge in [0.15, 0.2) is 0 Å². The molecule has 2 N–H and O–H groups in total. The number of carbonyl (C=O) groups excluding carboxylic acids is 2. The van der Waals surface area contributed by atoms with Gasteiger partial charge in [-0.15, -0.1) is 0 Å². The number of likely N-dealkylation sites (N-methyl/N-ethyl adjacent to an activating group) is 1. The van der Waals surface area contributed by atoms with Crippen molar-refractivity contribution >= 4 is 17.5 Å². The number of nitrogens with one attached hydrogen (secondary N) is 2. The number of hydrogen-bond donors (Lipinski definition) is 2. The zero-order valence-corrected chi connectivity index (χ0v) is 13.2. The van der Waals surface area contributed by atoms with Crippen LogP contribution in [-0.2, 0) is 14.3 Å². The summed E-state index contributed by atoms with van der Waals surface area (Å²) in [6.07, 6.45) is 0. The van der Waals surface area contributed by atoms with E-state index in [1.165, 1.54) is 4.90 Å². The Morgan fingerprint density at radius 3 is 2.52 bits per heavy atom. The highest BCUT2D eigenvalue weighted by Gasteiger charge is 2.21. The highest BCUT2D eigenvalue weighted by atomic mass is 16.5. The Hall–Kier alpha value is -2.43. The van der Waals surface area contributed by atoms with Gasteiger partial charge in [0.1, 0.15) is 13.2 Å². The van der Waals surface area contributed by atoms with Gasteiger partial charge >= 0.3 is 0 Å². The number of nitrogens with zero attached hydrogens (tertiary/aromatic N) is 2. The van der Waals surface area contributed by atoms with Gasteiger partial charge in [-0.05, 0) is 24.3 Å². The van der Waals surface area contributed by atoms with Crippen LogP contribution in [0.5, 0.6) is 0 Å². The number of quaternary nitrogens is 1. The van der Waals surface area contributed by atoms with E-state index in [0.29, 0.717) is 11.3 Å². The van der Waals surface area contributed by atoms with Crippen molar-refractivity contribution in [3.63, 3.8) is 0 Å². The number of piperazine rings is 1. The van der Waals surface area contributed by atoms with Crippen molar-refractivity contribution in [1.82, 2.24) is 4.90 Å². The third-order valence-corrected chi connectivity index (χ3v) is 3.73. The number of hydrogen-bond acceptors (Lipinski definition) is 4. The third-order valence-electron chi connectivity index (χ3n) is 3.73. The first-order valence-electron chi connectivity index (χ1n) is 7.55. The highest BCUT2D eigenvalue weighted by molar-refractivity contribution is 5.91. The monoisotopic (exact) mass is 317 g/mol. The quantitative estimate of drug-likeness (QED) is 0.719. The van der Waals surface area contributed by atoms with Crippen LogP contribution < -0.4 is 10.2 Å². The lowest BCUT2D eigenvalue weighted by Gasteiger charge is -2.29. The molecule has 7 nitrogen and oxygen atoms in total. The molecule has 1 aromatic carbocycles. The molecule has 0 radical (unpaired) electrons. The standard InChI is InChI=1S/C16H20N4O3/c1-19-6-8-20(9-7-19)16(22)12-23-11-15(21)18-14-4-2-13(10-17)3-5-14/h2-5H,6-9,11-12H2,1H3,(H,18,21)/p+1. The van der Waals surface area contributed by atoms with Crippen molar-refractivity contribution < 1.29 is 19.2 Å². The van der Waals surface area contributed by atoms with E-state index in [1.54, 1.807) is 29.2 Å². The molecule has 1 aliphatic rings. The van der Waals surface area contributed by atoms with Crippen LogP contribution in [0, 0.1) is 11.3 Å². The first-order chi connectivity index (χ1) is 11.1. The van der Waals surface area contributed by atoms with Crippen LogP contribution in [0.1, 0.15) is 5.56 Å². The van der Waals surface area contributed by atoms with Gasteiger partial charge in [-0.1, -0.05) is 0 Å². The average molecular weight is 317 g/mol. The van der Waals surface area contributed by atoms with E-state index in [4.69, 9.17) is 10.00 Å². The molecule has 1 saturated heterocycles. The largest absolute Gasteiger partial charge is 0.362 e. The van der Waals surface area contributed by atoms with E-state index >= 15 is 0 Å². The van der Waals surface area contributed by atoms with Crippen LogP contribution in [0.15, 0.2) is 24.3 Å². The molecule has 122 valence electrons. The minimum Gasteiger partial charge on any atom is -0.362 e. The predicted octanol–water partition coefficient (Wildman–Crippen LogP) is -1.13. The van der Waals surface area contributed by atoms with Gasteiger partial charge in [-0.2, -0.15) is 5.26 Å². The molecule has 0 aromatic heterocycles. The fourth-order valence-electron chi connectivity index (χ4n) is 2.29. The lowest BCUT2D eigenvalue weighted by atomic mass is 10.2. The minimum atomic E-state index is -0.328. The predicted molar refractivity (Wildman–Crippen MR) is 83.8 cm³/mol. The van der Waals surface area contributed by atoms with Crippen LogP contribution >= 0.6 is 0 Å². The summed E-state index contributed by atoms with van der Waals surface area (Å²) in [4.78, 5) is 26.9. The van der Waals surface area contributed by atoms with E-state index in [0.717, 1.165) is 26.2 Å². The summed E-state index contributed by atoms with van der Waals surface area (Å²) in [7, 11) is 2.10. The lowest BCUT2D eigenvalue weighted by Crippen LogP contribution is -3.12. The van der Waals surface area contributed by atoms with Gasteiger partial charge in [0.25, 0.3) is 0 Å². The average Bonchev–Trinajstić information content (AvgIpc) is 2.56.